The molecule has 1 aromatic heterocycles. The van der Waals surface area contributed by atoms with E-state index in [0.717, 1.165) is 5.56 Å². The molecule has 0 unspecified atom stereocenters. The van der Waals surface area contributed by atoms with Crippen molar-refractivity contribution in [3.05, 3.63) is 46.7 Å². The van der Waals surface area contributed by atoms with E-state index in [1.807, 2.05) is 37.3 Å². The number of anilines is 2. The molecule has 1 spiro atoms. The number of halogens is 1. The van der Waals surface area contributed by atoms with Gasteiger partial charge in [-0.05, 0) is 25.3 Å². The summed E-state index contributed by atoms with van der Waals surface area (Å²) in [5.74, 6) is -0.837. The Kier molecular flexibility index (Phi) is 7.77. The van der Waals surface area contributed by atoms with Gasteiger partial charge in [-0.1, -0.05) is 41.9 Å². The summed E-state index contributed by atoms with van der Waals surface area (Å²) in [5.41, 5.74) is 11.8. The smallest absolute Gasteiger partial charge is 0.302 e. The molecule has 1 aromatic carbocycles. The Morgan fingerprint density at radius 1 is 1.14 bits per heavy atom. The van der Waals surface area contributed by atoms with Crippen LogP contribution in [-0.4, -0.2) is 63.7 Å². The molecule has 2 aromatic rings. The van der Waals surface area contributed by atoms with Crippen LogP contribution in [-0.2, 0) is 9.59 Å². The largest absolute Gasteiger partial charge is 0.382 e. The monoisotopic (exact) mass is 527 g/mol. The summed E-state index contributed by atoms with van der Waals surface area (Å²) in [7, 11) is 0. The SMILES string of the molecule is C[C@@H](NC(=O)CCC(=O)N1CCC2(CC1)CN/C(=N\C(=O)c1nc(Cl)c(N)nc1N)N2)c1ccccc1. The Labute approximate surface area is 219 Å². The number of nitrogens with two attached hydrogens (primary N) is 2. The standard InChI is InChI=1S/C24H30ClN9O3/c1-14(15-5-3-2-4-6-15)29-16(35)7-8-17(36)34-11-9-24(10-12-34)13-28-23(33-24)32-22(37)18-20(26)31-21(27)19(25)30-18/h2-6,14H,7-13H2,1H3,(H,29,35)(H4,26,27,31)(H2,28,32,33,37)/t14-/m1/s1. The fourth-order valence-corrected chi connectivity index (χ4v) is 4.54. The molecule has 2 aliphatic heterocycles. The first-order valence-corrected chi connectivity index (χ1v) is 12.4. The number of likely N-dealkylation sites (tertiary alicyclic amines) is 1. The molecule has 37 heavy (non-hydrogen) atoms. The van der Waals surface area contributed by atoms with Gasteiger partial charge in [-0.25, -0.2) is 9.97 Å². The Morgan fingerprint density at radius 2 is 1.84 bits per heavy atom. The fraction of sp³-hybridized carbons (Fsp3) is 0.417. The quantitative estimate of drug-likeness (QED) is 0.366. The number of amides is 3. The third-order valence-corrected chi connectivity index (χ3v) is 6.89. The normalized spacial score (nSPS) is 18.2. The molecule has 1 atom stereocenters. The number of nitrogen functional groups attached to an aromatic ring is 2. The van der Waals surface area contributed by atoms with E-state index in [4.69, 9.17) is 23.1 Å². The molecule has 13 heteroatoms. The zero-order valence-electron chi connectivity index (χ0n) is 20.5. The first-order chi connectivity index (χ1) is 17.7. The summed E-state index contributed by atoms with van der Waals surface area (Å²) in [6.07, 6.45) is 1.61. The Balaban J connectivity index is 1.24. The van der Waals surface area contributed by atoms with E-state index in [2.05, 4.69) is 30.9 Å². The van der Waals surface area contributed by atoms with Gasteiger partial charge in [0.05, 0.1) is 11.6 Å². The van der Waals surface area contributed by atoms with E-state index in [1.54, 1.807) is 4.90 Å². The van der Waals surface area contributed by atoms with Gasteiger partial charge in [0.1, 0.15) is 0 Å². The highest BCUT2D eigenvalue weighted by Crippen LogP contribution is 2.25. The average Bonchev–Trinajstić information content (AvgIpc) is 3.27. The molecule has 0 radical (unpaired) electrons. The van der Waals surface area contributed by atoms with Crippen molar-refractivity contribution in [2.45, 2.75) is 44.2 Å². The number of aromatic nitrogens is 2. The number of hydrogen-bond acceptors (Lipinski definition) is 7. The number of nitrogens with one attached hydrogen (secondary N) is 3. The van der Waals surface area contributed by atoms with Crippen LogP contribution in [0.2, 0.25) is 5.15 Å². The first-order valence-electron chi connectivity index (χ1n) is 12.0. The van der Waals surface area contributed by atoms with E-state index in [9.17, 15) is 14.4 Å². The van der Waals surface area contributed by atoms with Gasteiger partial charge in [-0.3, -0.25) is 14.4 Å². The molecule has 0 bridgehead atoms. The predicted octanol–water partition coefficient (Wildman–Crippen LogP) is 1.00. The van der Waals surface area contributed by atoms with Gasteiger partial charge < -0.3 is 32.3 Å². The number of guanidine groups is 1. The molecule has 2 fully saturated rings. The van der Waals surface area contributed by atoms with E-state index in [1.165, 1.54) is 0 Å². The minimum absolute atomic E-state index is 0.0540. The molecule has 0 saturated carbocycles. The van der Waals surface area contributed by atoms with E-state index < -0.39 is 5.91 Å². The molecule has 7 N–H and O–H groups in total. The maximum atomic E-state index is 12.7. The van der Waals surface area contributed by atoms with Crippen LogP contribution in [0.4, 0.5) is 11.6 Å². The number of nitrogens with zero attached hydrogens (tertiary/aromatic N) is 4. The average molecular weight is 528 g/mol. The lowest BCUT2D eigenvalue weighted by atomic mass is 9.88. The molecule has 12 nitrogen and oxygen atoms in total. The Morgan fingerprint density at radius 3 is 2.54 bits per heavy atom. The van der Waals surface area contributed by atoms with Crippen LogP contribution in [0.3, 0.4) is 0 Å². The van der Waals surface area contributed by atoms with Crippen LogP contribution >= 0.6 is 11.6 Å². The second kappa shape index (κ2) is 11.0. The molecule has 4 rings (SSSR count). The number of piperidine rings is 1. The van der Waals surface area contributed by atoms with E-state index in [0.29, 0.717) is 38.4 Å². The van der Waals surface area contributed by atoms with Crippen molar-refractivity contribution in [2.75, 3.05) is 31.1 Å². The molecule has 2 aliphatic rings. The highest BCUT2D eigenvalue weighted by atomic mass is 35.5. The lowest BCUT2D eigenvalue weighted by Gasteiger charge is -2.38. The highest BCUT2D eigenvalue weighted by Gasteiger charge is 2.40. The minimum Gasteiger partial charge on any atom is -0.382 e. The molecule has 3 amide bonds. The summed E-state index contributed by atoms with van der Waals surface area (Å²) in [6, 6.07) is 9.55. The van der Waals surface area contributed by atoms with Crippen LogP contribution in [0.15, 0.2) is 35.3 Å². The van der Waals surface area contributed by atoms with Crippen molar-refractivity contribution in [3.8, 4) is 0 Å². The molecule has 2 saturated heterocycles. The Bertz CT molecular complexity index is 1210. The van der Waals surface area contributed by atoms with Gasteiger partial charge in [-0.15, -0.1) is 0 Å². The maximum absolute atomic E-state index is 12.7. The number of hydrogen-bond donors (Lipinski definition) is 5. The number of benzene rings is 1. The highest BCUT2D eigenvalue weighted by molar-refractivity contribution is 6.31. The van der Waals surface area contributed by atoms with Gasteiger partial charge in [0.25, 0.3) is 0 Å². The van der Waals surface area contributed by atoms with Gasteiger partial charge in [-0.2, -0.15) is 4.99 Å². The first kappa shape index (κ1) is 26.1. The van der Waals surface area contributed by atoms with Crippen molar-refractivity contribution < 1.29 is 14.4 Å². The van der Waals surface area contributed by atoms with Gasteiger partial charge >= 0.3 is 5.91 Å². The zero-order valence-corrected chi connectivity index (χ0v) is 21.2. The number of rotatable bonds is 6. The van der Waals surface area contributed by atoms with Crippen molar-refractivity contribution in [1.29, 1.82) is 0 Å². The number of aliphatic imine (C=N–C) groups is 1. The van der Waals surface area contributed by atoms with Gasteiger partial charge in [0.15, 0.2) is 28.4 Å². The predicted molar refractivity (Wildman–Crippen MR) is 140 cm³/mol. The summed E-state index contributed by atoms with van der Waals surface area (Å²) >= 11 is 5.85. The van der Waals surface area contributed by atoms with Crippen molar-refractivity contribution in [2.24, 2.45) is 4.99 Å². The molecule has 3 heterocycles. The molecule has 196 valence electrons. The third kappa shape index (κ3) is 6.26. The maximum Gasteiger partial charge on any atom is 0.302 e. The third-order valence-electron chi connectivity index (χ3n) is 6.61. The lowest BCUT2D eigenvalue weighted by molar-refractivity contribution is -0.135. The van der Waals surface area contributed by atoms with E-state index in [-0.39, 0.29) is 58.7 Å². The molecular formula is C24H30ClN9O3. The summed E-state index contributed by atoms with van der Waals surface area (Å²) in [5, 5.41) is 9.18. The van der Waals surface area contributed by atoms with Crippen LogP contribution < -0.4 is 27.4 Å². The summed E-state index contributed by atoms with van der Waals surface area (Å²) < 4.78 is 0. The van der Waals surface area contributed by atoms with Crippen LogP contribution in [0.25, 0.3) is 0 Å². The summed E-state index contributed by atoms with van der Waals surface area (Å²) in [4.78, 5) is 51.0. The van der Waals surface area contributed by atoms with Crippen molar-refractivity contribution in [1.82, 2.24) is 30.8 Å². The van der Waals surface area contributed by atoms with Gasteiger partial charge in [0.2, 0.25) is 11.8 Å². The minimum atomic E-state index is -0.702. The second-order valence-corrected chi connectivity index (χ2v) is 9.60. The topological polar surface area (TPSA) is 181 Å². The summed E-state index contributed by atoms with van der Waals surface area (Å²) in [6.45, 7) is 3.52. The van der Waals surface area contributed by atoms with Crippen LogP contribution in [0, 0.1) is 0 Å². The Hall–Kier alpha value is -3.93. The zero-order chi connectivity index (χ0) is 26.6. The van der Waals surface area contributed by atoms with E-state index >= 15 is 0 Å². The molecular weight excluding hydrogens is 498 g/mol. The van der Waals surface area contributed by atoms with Crippen molar-refractivity contribution in [3.63, 3.8) is 0 Å². The fourth-order valence-electron chi connectivity index (χ4n) is 4.42. The molecule has 0 aliphatic carbocycles. The lowest BCUT2D eigenvalue weighted by Crippen LogP contribution is -2.53. The number of carbonyl (C=O) groups is 3. The number of carbonyl (C=O) groups excluding carboxylic acids is 3. The van der Waals surface area contributed by atoms with Crippen LogP contribution in [0.5, 0.6) is 0 Å². The second-order valence-electron chi connectivity index (χ2n) is 9.24. The van der Waals surface area contributed by atoms with Crippen LogP contribution in [0.1, 0.15) is 54.7 Å². The van der Waals surface area contributed by atoms with Gasteiger partial charge in [0, 0.05) is 32.5 Å². The van der Waals surface area contributed by atoms with Crippen molar-refractivity contribution >= 4 is 46.9 Å².